The molecule has 1 amide bonds. The zero-order valence-electron chi connectivity index (χ0n) is 20.4. The number of aromatic nitrogens is 2. The van der Waals surface area contributed by atoms with Gasteiger partial charge in [-0.3, -0.25) is 9.78 Å². The highest BCUT2D eigenvalue weighted by Crippen LogP contribution is 2.51. The molecule has 1 spiro atoms. The Balaban J connectivity index is 1.49. The fourth-order valence-corrected chi connectivity index (χ4v) is 5.35. The van der Waals surface area contributed by atoms with E-state index in [0.717, 1.165) is 43.5 Å². The first kappa shape index (κ1) is 22.8. The van der Waals surface area contributed by atoms with Gasteiger partial charge in [-0.05, 0) is 38.0 Å². The Hall–Kier alpha value is -3.59. The number of halogens is 1. The molecule has 3 aromatic rings. The average molecular weight is 493 g/mol. The molecular weight excluding hydrogens is 463 g/mol. The number of carbonyl (C=O) groups is 1. The van der Waals surface area contributed by atoms with Crippen LogP contribution < -0.4 is 20.1 Å². The third-order valence-corrected chi connectivity index (χ3v) is 7.75. The van der Waals surface area contributed by atoms with Crippen LogP contribution in [0.15, 0.2) is 36.7 Å². The number of hydrogen-bond acceptors (Lipinski definition) is 6. The molecule has 1 aliphatic carbocycles. The summed E-state index contributed by atoms with van der Waals surface area (Å²) in [5, 5.41) is 6.39. The van der Waals surface area contributed by atoms with E-state index in [0.29, 0.717) is 41.5 Å². The number of carbonyl (C=O) groups excluding carboxylic acids is 1. The van der Waals surface area contributed by atoms with Gasteiger partial charge in [-0.1, -0.05) is 12.5 Å². The number of nitrogens with zero attached hydrogens (tertiary/aromatic N) is 1. The van der Waals surface area contributed by atoms with Crippen LogP contribution in [0.3, 0.4) is 0 Å². The van der Waals surface area contributed by atoms with Gasteiger partial charge >= 0.3 is 0 Å². The number of hydrogen-bond donors (Lipinski definition) is 3. The minimum Gasteiger partial charge on any atom is -0.492 e. The third-order valence-electron chi connectivity index (χ3n) is 7.75. The molecule has 1 aromatic carbocycles. The summed E-state index contributed by atoms with van der Waals surface area (Å²) >= 11 is 0. The molecule has 8 nitrogen and oxygen atoms in total. The lowest BCUT2D eigenvalue weighted by Gasteiger charge is -2.44. The predicted octanol–water partition coefficient (Wildman–Crippen LogP) is 4.69. The highest BCUT2D eigenvalue weighted by atomic mass is 19.1. The van der Waals surface area contributed by atoms with E-state index in [1.165, 1.54) is 13.2 Å². The summed E-state index contributed by atoms with van der Waals surface area (Å²) in [7, 11) is 1.42. The van der Waals surface area contributed by atoms with Crippen molar-refractivity contribution < 1.29 is 23.4 Å². The van der Waals surface area contributed by atoms with Crippen LogP contribution in [0.1, 0.15) is 48.7 Å². The van der Waals surface area contributed by atoms with Gasteiger partial charge in [-0.15, -0.1) is 0 Å². The lowest BCUT2D eigenvalue weighted by Crippen LogP contribution is -2.50. The van der Waals surface area contributed by atoms with Crippen molar-refractivity contribution in [2.24, 2.45) is 0 Å². The Morgan fingerprint density at radius 1 is 1.25 bits per heavy atom. The van der Waals surface area contributed by atoms with Crippen molar-refractivity contribution in [1.29, 1.82) is 0 Å². The average Bonchev–Trinajstić information content (AvgIpc) is 3.21. The van der Waals surface area contributed by atoms with Gasteiger partial charge in [0.15, 0.2) is 11.6 Å². The number of pyridine rings is 1. The minimum atomic E-state index is -0.491. The number of ether oxygens (including phenoxy) is 3. The maximum atomic E-state index is 14.5. The van der Waals surface area contributed by atoms with E-state index < -0.39 is 5.82 Å². The Labute approximate surface area is 208 Å². The minimum absolute atomic E-state index is 0.0780. The number of methoxy groups -OCH3 is 1. The molecule has 9 heteroatoms. The maximum Gasteiger partial charge on any atom is 0.255 e. The van der Waals surface area contributed by atoms with Crippen LogP contribution in [0.4, 0.5) is 15.8 Å². The lowest BCUT2D eigenvalue weighted by atomic mass is 9.64. The number of nitrogens with one attached hydrogen (secondary N) is 3. The molecule has 6 rings (SSSR count). The number of fused-ring (bicyclic) bond motifs is 2. The molecule has 2 aliphatic heterocycles. The molecule has 1 atom stereocenters. The second kappa shape index (κ2) is 8.51. The largest absolute Gasteiger partial charge is 0.492 e. The molecule has 0 bridgehead atoms. The number of rotatable bonds is 7. The standard InChI is InChI=1S/C27H29FN4O4/c1-26(10-12-36-26)15-35-19-13-29-11-7-16(19)21-22(31-18-6-3-5-17(28)23(18)34-2)20-24(32-21)27(8-4-9-27)14-30-25(20)33/h3,5-7,11,13,31-32H,4,8-10,12,14-15H2,1-2H3,(H,30,33)/t26-/m0/s1. The van der Waals surface area contributed by atoms with Crippen LogP contribution >= 0.6 is 0 Å². The third kappa shape index (κ3) is 3.61. The van der Waals surface area contributed by atoms with Crippen molar-refractivity contribution in [3.8, 4) is 22.8 Å². The van der Waals surface area contributed by atoms with Crippen molar-refractivity contribution in [3.63, 3.8) is 0 Å². The zero-order chi connectivity index (χ0) is 24.9. The van der Waals surface area contributed by atoms with E-state index in [2.05, 4.69) is 20.6 Å². The van der Waals surface area contributed by atoms with Crippen molar-refractivity contribution in [3.05, 3.63) is 53.7 Å². The van der Waals surface area contributed by atoms with E-state index in [9.17, 15) is 9.18 Å². The molecule has 188 valence electrons. The molecule has 0 unspecified atom stereocenters. The second-order valence-electron chi connectivity index (χ2n) is 10.1. The van der Waals surface area contributed by atoms with E-state index >= 15 is 0 Å². The smallest absolute Gasteiger partial charge is 0.255 e. The number of H-pyrrole nitrogens is 1. The summed E-state index contributed by atoms with van der Waals surface area (Å²) in [6, 6.07) is 6.53. The Kier molecular flexibility index (Phi) is 5.40. The number of amides is 1. The fraction of sp³-hybridized carbons (Fsp3) is 0.407. The van der Waals surface area contributed by atoms with Gasteiger partial charge in [0.05, 0.1) is 42.5 Å². The van der Waals surface area contributed by atoms with Gasteiger partial charge in [-0.2, -0.15) is 0 Å². The first-order valence-corrected chi connectivity index (χ1v) is 12.3. The van der Waals surface area contributed by atoms with Crippen LogP contribution in [0.2, 0.25) is 0 Å². The fourth-order valence-electron chi connectivity index (χ4n) is 5.35. The first-order valence-electron chi connectivity index (χ1n) is 12.3. The Morgan fingerprint density at radius 3 is 2.78 bits per heavy atom. The van der Waals surface area contributed by atoms with Gasteiger partial charge < -0.3 is 29.8 Å². The van der Waals surface area contributed by atoms with Crippen molar-refractivity contribution >= 4 is 17.3 Å². The van der Waals surface area contributed by atoms with Crippen LogP contribution in [-0.2, 0) is 10.2 Å². The molecule has 4 heterocycles. The molecule has 0 radical (unpaired) electrons. The predicted molar refractivity (Wildman–Crippen MR) is 133 cm³/mol. The molecular formula is C27H29FN4O4. The van der Waals surface area contributed by atoms with Crippen LogP contribution in [0, 0.1) is 5.82 Å². The molecule has 1 saturated heterocycles. The first-order chi connectivity index (χ1) is 17.4. The van der Waals surface area contributed by atoms with Crippen molar-refractivity contribution in [1.82, 2.24) is 15.3 Å². The summed E-state index contributed by atoms with van der Waals surface area (Å²) in [6.45, 7) is 3.73. The Morgan fingerprint density at radius 2 is 2.08 bits per heavy atom. The number of benzene rings is 1. The number of anilines is 2. The summed E-state index contributed by atoms with van der Waals surface area (Å²) < 4.78 is 31.7. The SMILES string of the molecule is COc1c(F)cccc1Nc1c(-c2ccncc2OC[C@]2(C)CCO2)[nH]c2c1C(=O)NCC21CCC1. The molecule has 36 heavy (non-hydrogen) atoms. The quantitative estimate of drug-likeness (QED) is 0.443. The van der Waals surface area contributed by atoms with Crippen LogP contribution in [0.5, 0.6) is 11.5 Å². The van der Waals surface area contributed by atoms with E-state index in [-0.39, 0.29) is 22.7 Å². The molecule has 3 N–H and O–H groups in total. The molecule has 1 saturated carbocycles. The van der Waals surface area contributed by atoms with Crippen LogP contribution in [-0.4, -0.2) is 48.3 Å². The number of para-hydroxylation sites is 1. The highest BCUT2D eigenvalue weighted by molar-refractivity contribution is 6.07. The van der Waals surface area contributed by atoms with Gasteiger partial charge in [0, 0.05) is 35.8 Å². The maximum absolute atomic E-state index is 14.5. The summed E-state index contributed by atoms with van der Waals surface area (Å²) in [4.78, 5) is 21.1. The topological polar surface area (TPSA) is 97.5 Å². The lowest BCUT2D eigenvalue weighted by molar-refractivity contribution is -0.152. The molecule has 2 fully saturated rings. The zero-order valence-corrected chi connectivity index (χ0v) is 20.4. The molecule has 2 aromatic heterocycles. The normalized spacial score (nSPS) is 21.7. The van der Waals surface area contributed by atoms with Gasteiger partial charge in [-0.25, -0.2) is 4.39 Å². The van der Waals surface area contributed by atoms with Gasteiger partial charge in [0.1, 0.15) is 18.0 Å². The molecule has 3 aliphatic rings. The van der Waals surface area contributed by atoms with Crippen molar-refractivity contribution in [2.75, 3.05) is 32.2 Å². The Bertz CT molecular complexity index is 1330. The van der Waals surface area contributed by atoms with E-state index in [1.54, 1.807) is 24.5 Å². The summed E-state index contributed by atoms with van der Waals surface area (Å²) in [5.74, 6) is -0.00998. The summed E-state index contributed by atoms with van der Waals surface area (Å²) in [6.07, 6.45) is 7.36. The monoisotopic (exact) mass is 492 g/mol. The number of aromatic amines is 1. The van der Waals surface area contributed by atoms with Crippen LogP contribution in [0.25, 0.3) is 11.3 Å². The van der Waals surface area contributed by atoms with Gasteiger partial charge in [0.25, 0.3) is 5.91 Å². The van der Waals surface area contributed by atoms with Crippen molar-refractivity contribution in [2.45, 2.75) is 43.6 Å². The van der Waals surface area contributed by atoms with E-state index in [1.807, 2.05) is 13.0 Å². The van der Waals surface area contributed by atoms with Gasteiger partial charge in [0.2, 0.25) is 0 Å². The van der Waals surface area contributed by atoms with E-state index in [4.69, 9.17) is 14.2 Å². The summed E-state index contributed by atoms with van der Waals surface area (Å²) in [5.41, 5.74) is 3.41. The second-order valence-corrected chi connectivity index (χ2v) is 10.1. The highest BCUT2D eigenvalue weighted by Gasteiger charge is 2.47.